The number of nitrogens with one attached hydrogen (secondary N) is 1. The van der Waals surface area contributed by atoms with Crippen molar-refractivity contribution in [2.75, 3.05) is 13.2 Å². The second-order valence-electron chi connectivity index (χ2n) is 5.31. The van der Waals surface area contributed by atoms with E-state index in [4.69, 9.17) is 10.1 Å². The molecule has 2 aromatic carbocycles. The molecule has 1 atom stereocenters. The molecular formula is C18H19FN2O. The van der Waals surface area contributed by atoms with Crippen molar-refractivity contribution < 1.29 is 9.13 Å². The second kappa shape index (κ2) is 6.28. The van der Waals surface area contributed by atoms with Crippen LogP contribution in [-0.4, -0.2) is 23.9 Å². The summed E-state index contributed by atoms with van der Waals surface area (Å²) in [5.41, 5.74) is 3.04. The highest BCUT2D eigenvalue weighted by molar-refractivity contribution is 6.00. The fraction of sp³-hybridized carbons (Fsp3) is 0.278. The van der Waals surface area contributed by atoms with E-state index in [1.54, 1.807) is 12.1 Å². The average molecular weight is 298 g/mol. The van der Waals surface area contributed by atoms with Gasteiger partial charge in [-0.25, -0.2) is 4.39 Å². The molecule has 1 N–H and O–H groups in total. The Hall–Kier alpha value is -2.20. The molecule has 0 aliphatic carbocycles. The minimum Gasteiger partial charge on any atom is -0.354 e. The lowest BCUT2D eigenvalue weighted by Crippen LogP contribution is -2.31. The van der Waals surface area contributed by atoms with Gasteiger partial charge >= 0.3 is 0 Å². The summed E-state index contributed by atoms with van der Waals surface area (Å²) in [5.74, 6) is 0.272. The van der Waals surface area contributed by atoms with Gasteiger partial charge in [0.15, 0.2) is 6.23 Å². The lowest BCUT2D eigenvalue weighted by Gasteiger charge is -2.26. The van der Waals surface area contributed by atoms with E-state index in [0.29, 0.717) is 19.0 Å². The third-order valence-electron chi connectivity index (χ3n) is 3.93. The maximum atomic E-state index is 13.0. The van der Waals surface area contributed by atoms with Crippen molar-refractivity contribution in [1.82, 2.24) is 4.90 Å². The van der Waals surface area contributed by atoms with Crippen LogP contribution in [0.2, 0.25) is 0 Å². The molecule has 1 heterocycles. The first-order valence-corrected chi connectivity index (χ1v) is 7.51. The molecule has 22 heavy (non-hydrogen) atoms. The SMILES string of the molecule is CCOC1c2ccccc2C(=N)N1CCc1ccc(F)cc1. The standard InChI is InChI=1S/C18H19FN2O/c1-2-22-18-16-6-4-3-5-15(16)17(20)21(18)12-11-13-7-9-14(19)10-8-13/h3-10,18,20H,2,11-12H2,1H3. The highest BCUT2D eigenvalue weighted by atomic mass is 19.1. The molecular weight excluding hydrogens is 279 g/mol. The topological polar surface area (TPSA) is 36.3 Å². The van der Waals surface area contributed by atoms with Gasteiger partial charge in [0.25, 0.3) is 0 Å². The zero-order chi connectivity index (χ0) is 15.5. The van der Waals surface area contributed by atoms with Gasteiger partial charge in [0.2, 0.25) is 0 Å². The van der Waals surface area contributed by atoms with Gasteiger partial charge in [-0.05, 0) is 31.0 Å². The van der Waals surface area contributed by atoms with Crippen LogP contribution in [0.1, 0.15) is 29.8 Å². The van der Waals surface area contributed by atoms with Gasteiger partial charge in [0.1, 0.15) is 11.7 Å². The van der Waals surface area contributed by atoms with Crippen molar-refractivity contribution in [3.8, 4) is 0 Å². The van der Waals surface area contributed by atoms with Crippen LogP contribution in [0, 0.1) is 11.2 Å². The molecule has 0 aromatic heterocycles. The number of hydrogen-bond donors (Lipinski definition) is 1. The zero-order valence-corrected chi connectivity index (χ0v) is 12.6. The van der Waals surface area contributed by atoms with E-state index in [9.17, 15) is 4.39 Å². The Kier molecular flexibility index (Phi) is 4.20. The molecule has 3 nitrogen and oxygen atoms in total. The molecule has 0 fully saturated rings. The Morgan fingerprint density at radius 2 is 1.86 bits per heavy atom. The molecule has 0 radical (unpaired) electrons. The summed E-state index contributed by atoms with van der Waals surface area (Å²) in [5, 5.41) is 8.38. The minimum absolute atomic E-state index is 0.200. The third-order valence-corrected chi connectivity index (χ3v) is 3.93. The Balaban J connectivity index is 1.77. The molecule has 0 saturated carbocycles. The maximum absolute atomic E-state index is 13.0. The number of nitrogens with zero attached hydrogens (tertiary/aromatic N) is 1. The number of fused-ring (bicyclic) bond motifs is 1. The van der Waals surface area contributed by atoms with Crippen LogP contribution in [0.25, 0.3) is 0 Å². The highest BCUT2D eigenvalue weighted by Crippen LogP contribution is 2.34. The number of halogens is 1. The first-order valence-electron chi connectivity index (χ1n) is 7.51. The third kappa shape index (κ3) is 2.74. The Bertz CT molecular complexity index is 669. The Labute approximate surface area is 129 Å². The summed E-state index contributed by atoms with van der Waals surface area (Å²) >= 11 is 0. The first-order chi connectivity index (χ1) is 10.7. The smallest absolute Gasteiger partial charge is 0.158 e. The molecule has 0 amide bonds. The number of amidine groups is 1. The Morgan fingerprint density at radius 3 is 2.59 bits per heavy atom. The van der Waals surface area contributed by atoms with Crippen LogP contribution >= 0.6 is 0 Å². The van der Waals surface area contributed by atoms with Gasteiger partial charge in [-0.1, -0.05) is 36.4 Å². The predicted octanol–water partition coefficient (Wildman–Crippen LogP) is 3.74. The van der Waals surface area contributed by atoms with E-state index in [0.717, 1.165) is 23.1 Å². The summed E-state index contributed by atoms with van der Waals surface area (Å²) < 4.78 is 18.8. The molecule has 0 bridgehead atoms. The molecule has 1 aliphatic heterocycles. The van der Waals surface area contributed by atoms with Gasteiger partial charge in [-0.2, -0.15) is 0 Å². The molecule has 1 unspecified atom stereocenters. The van der Waals surface area contributed by atoms with E-state index in [1.807, 2.05) is 36.1 Å². The summed E-state index contributed by atoms with van der Waals surface area (Å²) in [7, 11) is 0. The molecule has 0 spiro atoms. The van der Waals surface area contributed by atoms with Crippen molar-refractivity contribution in [1.29, 1.82) is 5.41 Å². The highest BCUT2D eigenvalue weighted by Gasteiger charge is 2.33. The molecule has 2 aromatic rings. The van der Waals surface area contributed by atoms with E-state index in [1.165, 1.54) is 12.1 Å². The summed E-state index contributed by atoms with van der Waals surface area (Å²) in [4.78, 5) is 1.97. The summed E-state index contributed by atoms with van der Waals surface area (Å²) in [6, 6.07) is 14.4. The maximum Gasteiger partial charge on any atom is 0.158 e. The Morgan fingerprint density at radius 1 is 1.14 bits per heavy atom. The van der Waals surface area contributed by atoms with Gasteiger partial charge < -0.3 is 9.64 Å². The number of rotatable bonds is 5. The lowest BCUT2D eigenvalue weighted by atomic mass is 10.1. The normalized spacial score (nSPS) is 16.9. The first kappa shape index (κ1) is 14.7. The summed E-state index contributed by atoms with van der Waals surface area (Å²) in [6.45, 7) is 3.23. The van der Waals surface area contributed by atoms with Crippen molar-refractivity contribution in [3.05, 3.63) is 71.0 Å². The minimum atomic E-state index is -0.225. The monoisotopic (exact) mass is 298 g/mol. The predicted molar refractivity (Wildman–Crippen MR) is 84.4 cm³/mol. The fourth-order valence-corrected chi connectivity index (χ4v) is 2.84. The van der Waals surface area contributed by atoms with Crippen LogP contribution in [0.5, 0.6) is 0 Å². The number of hydrogen-bond acceptors (Lipinski definition) is 2. The van der Waals surface area contributed by atoms with Crippen LogP contribution in [-0.2, 0) is 11.2 Å². The molecule has 1 aliphatic rings. The van der Waals surface area contributed by atoms with Crippen LogP contribution in [0.15, 0.2) is 48.5 Å². The molecule has 0 saturated heterocycles. The van der Waals surface area contributed by atoms with Gasteiger partial charge in [0, 0.05) is 24.3 Å². The fourth-order valence-electron chi connectivity index (χ4n) is 2.84. The van der Waals surface area contributed by atoms with Crippen molar-refractivity contribution in [3.63, 3.8) is 0 Å². The van der Waals surface area contributed by atoms with Crippen LogP contribution < -0.4 is 0 Å². The largest absolute Gasteiger partial charge is 0.354 e. The second-order valence-corrected chi connectivity index (χ2v) is 5.31. The van der Waals surface area contributed by atoms with Crippen molar-refractivity contribution in [2.45, 2.75) is 19.6 Å². The quantitative estimate of drug-likeness (QED) is 0.912. The van der Waals surface area contributed by atoms with E-state index >= 15 is 0 Å². The van der Waals surface area contributed by atoms with Crippen LogP contribution in [0.4, 0.5) is 4.39 Å². The number of ether oxygens (including phenoxy) is 1. The van der Waals surface area contributed by atoms with Crippen molar-refractivity contribution >= 4 is 5.84 Å². The van der Waals surface area contributed by atoms with Gasteiger partial charge in [0.05, 0.1) is 0 Å². The average Bonchev–Trinajstić information content (AvgIpc) is 2.80. The molecule has 3 rings (SSSR count). The summed E-state index contributed by atoms with van der Waals surface area (Å²) in [6.07, 6.45) is 0.550. The van der Waals surface area contributed by atoms with Crippen LogP contribution in [0.3, 0.4) is 0 Å². The zero-order valence-electron chi connectivity index (χ0n) is 12.6. The van der Waals surface area contributed by atoms with Gasteiger partial charge in [-0.3, -0.25) is 5.41 Å². The van der Waals surface area contributed by atoms with E-state index < -0.39 is 0 Å². The number of benzene rings is 2. The lowest BCUT2D eigenvalue weighted by molar-refractivity contribution is -0.0157. The molecule has 4 heteroatoms. The van der Waals surface area contributed by atoms with E-state index in [-0.39, 0.29) is 12.0 Å². The molecule has 114 valence electrons. The van der Waals surface area contributed by atoms with E-state index in [2.05, 4.69) is 0 Å². The van der Waals surface area contributed by atoms with Gasteiger partial charge in [-0.15, -0.1) is 0 Å². The van der Waals surface area contributed by atoms with Crippen molar-refractivity contribution in [2.24, 2.45) is 0 Å².